The standard InChI is InChI=1S/C21H24ClN3O/c1-3-4-13-24(2)21(26)15-25-19-12-8-7-11-18(19)23-20(25)14-16-9-5-6-10-17(16)22/h5-12H,3-4,13-15H2,1-2H3. The first-order valence-corrected chi connectivity index (χ1v) is 9.39. The van der Waals surface area contributed by atoms with Crippen LogP contribution in [0.1, 0.15) is 31.2 Å². The minimum Gasteiger partial charge on any atom is -0.344 e. The van der Waals surface area contributed by atoms with E-state index in [9.17, 15) is 4.79 Å². The molecule has 0 N–H and O–H groups in total. The van der Waals surface area contributed by atoms with E-state index in [-0.39, 0.29) is 5.91 Å². The fourth-order valence-electron chi connectivity index (χ4n) is 3.02. The Labute approximate surface area is 159 Å². The van der Waals surface area contributed by atoms with Gasteiger partial charge in [-0.3, -0.25) is 4.79 Å². The molecule has 0 aliphatic rings. The van der Waals surface area contributed by atoms with Gasteiger partial charge in [-0.1, -0.05) is 55.3 Å². The Morgan fingerprint density at radius 2 is 1.88 bits per heavy atom. The number of hydrogen-bond acceptors (Lipinski definition) is 2. The minimum atomic E-state index is 0.0991. The second kappa shape index (κ2) is 8.37. The second-order valence-corrected chi connectivity index (χ2v) is 6.95. The lowest BCUT2D eigenvalue weighted by Crippen LogP contribution is -2.31. The Hall–Kier alpha value is -2.33. The summed E-state index contributed by atoms with van der Waals surface area (Å²) in [5.74, 6) is 0.957. The molecule has 0 atom stereocenters. The average molecular weight is 370 g/mol. The highest BCUT2D eigenvalue weighted by molar-refractivity contribution is 6.31. The third kappa shape index (κ3) is 4.07. The second-order valence-electron chi connectivity index (χ2n) is 6.54. The van der Waals surface area contributed by atoms with E-state index in [0.717, 1.165) is 46.8 Å². The summed E-state index contributed by atoms with van der Waals surface area (Å²) in [5, 5.41) is 0.720. The molecule has 1 amide bonds. The number of para-hydroxylation sites is 2. The van der Waals surface area contributed by atoms with Gasteiger partial charge in [0.05, 0.1) is 11.0 Å². The highest BCUT2D eigenvalue weighted by Gasteiger charge is 2.17. The number of hydrogen-bond donors (Lipinski definition) is 0. The number of fused-ring (bicyclic) bond motifs is 1. The quantitative estimate of drug-likeness (QED) is 0.613. The topological polar surface area (TPSA) is 38.1 Å². The largest absolute Gasteiger partial charge is 0.344 e. The third-order valence-corrected chi connectivity index (χ3v) is 4.97. The van der Waals surface area contributed by atoms with Crippen LogP contribution in [-0.2, 0) is 17.8 Å². The first kappa shape index (κ1) is 18.5. The molecule has 3 aromatic rings. The van der Waals surface area contributed by atoms with Gasteiger partial charge < -0.3 is 9.47 Å². The van der Waals surface area contributed by atoms with E-state index >= 15 is 0 Å². The number of benzene rings is 2. The van der Waals surface area contributed by atoms with Crippen LogP contribution in [-0.4, -0.2) is 34.0 Å². The van der Waals surface area contributed by atoms with Crippen molar-refractivity contribution in [2.75, 3.05) is 13.6 Å². The van der Waals surface area contributed by atoms with Crippen LogP contribution in [0.4, 0.5) is 0 Å². The molecule has 0 fully saturated rings. The molecule has 0 saturated heterocycles. The van der Waals surface area contributed by atoms with E-state index in [1.807, 2.05) is 60.1 Å². The maximum atomic E-state index is 12.7. The summed E-state index contributed by atoms with van der Waals surface area (Å²) in [4.78, 5) is 19.2. The van der Waals surface area contributed by atoms with E-state index in [1.54, 1.807) is 4.90 Å². The zero-order valence-electron chi connectivity index (χ0n) is 15.3. The van der Waals surface area contributed by atoms with Crippen LogP contribution < -0.4 is 0 Å². The van der Waals surface area contributed by atoms with Crippen LogP contribution >= 0.6 is 11.6 Å². The Kier molecular flexibility index (Phi) is 5.94. The molecular weight excluding hydrogens is 346 g/mol. The number of carbonyl (C=O) groups excluding carboxylic acids is 1. The average Bonchev–Trinajstić information content (AvgIpc) is 2.99. The van der Waals surface area contributed by atoms with Crippen molar-refractivity contribution in [2.45, 2.75) is 32.7 Å². The van der Waals surface area contributed by atoms with Crippen molar-refractivity contribution in [3.8, 4) is 0 Å². The first-order valence-electron chi connectivity index (χ1n) is 9.01. The molecule has 1 aromatic heterocycles. The SMILES string of the molecule is CCCCN(C)C(=O)Cn1c(Cc2ccccc2Cl)nc2ccccc21. The van der Waals surface area contributed by atoms with Crippen LogP contribution in [0.15, 0.2) is 48.5 Å². The van der Waals surface area contributed by atoms with Crippen LogP contribution in [0.2, 0.25) is 5.02 Å². The third-order valence-electron chi connectivity index (χ3n) is 4.61. The molecule has 0 radical (unpaired) electrons. The van der Waals surface area contributed by atoms with Crippen LogP contribution in [0.25, 0.3) is 11.0 Å². The van der Waals surface area contributed by atoms with Crippen LogP contribution in [0.3, 0.4) is 0 Å². The molecule has 136 valence electrons. The van der Waals surface area contributed by atoms with Crippen molar-refractivity contribution in [3.63, 3.8) is 0 Å². The summed E-state index contributed by atoms with van der Waals surface area (Å²) < 4.78 is 2.02. The lowest BCUT2D eigenvalue weighted by Gasteiger charge is -2.18. The lowest BCUT2D eigenvalue weighted by molar-refractivity contribution is -0.130. The van der Waals surface area contributed by atoms with Crippen molar-refractivity contribution < 1.29 is 4.79 Å². The van der Waals surface area contributed by atoms with Crippen molar-refractivity contribution in [1.29, 1.82) is 0 Å². The van der Waals surface area contributed by atoms with Crippen molar-refractivity contribution in [2.24, 2.45) is 0 Å². The summed E-state index contributed by atoms with van der Waals surface area (Å²) in [7, 11) is 1.87. The summed E-state index contributed by atoms with van der Waals surface area (Å²) >= 11 is 6.33. The number of carbonyl (C=O) groups is 1. The zero-order chi connectivity index (χ0) is 18.5. The Morgan fingerprint density at radius 3 is 2.65 bits per heavy atom. The highest BCUT2D eigenvalue weighted by atomic mass is 35.5. The molecule has 1 heterocycles. The number of aromatic nitrogens is 2. The Morgan fingerprint density at radius 1 is 1.15 bits per heavy atom. The molecule has 26 heavy (non-hydrogen) atoms. The van der Waals surface area contributed by atoms with Gasteiger partial charge in [0.15, 0.2) is 0 Å². The molecule has 3 rings (SSSR count). The van der Waals surface area contributed by atoms with Gasteiger partial charge in [-0.15, -0.1) is 0 Å². The van der Waals surface area contributed by atoms with E-state index in [1.165, 1.54) is 0 Å². The molecule has 0 bridgehead atoms. The van der Waals surface area contributed by atoms with E-state index in [2.05, 4.69) is 6.92 Å². The summed E-state index contributed by atoms with van der Waals surface area (Å²) in [5.41, 5.74) is 2.89. The van der Waals surface area contributed by atoms with E-state index in [0.29, 0.717) is 13.0 Å². The van der Waals surface area contributed by atoms with Crippen LogP contribution in [0, 0.1) is 0 Å². The van der Waals surface area contributed by atoms with Gasteiger partial charge >= 0.3 is 0 Å². The Balaban J connectivity index is 1.92. The van der Waals surface area contributed by atoms with E-state index in [4.69, 9.17) is 16.6 Å². The van der Waals surface area contributed by atoms with Crippen molar-refractivity contribution in [3.05, 3.63) is 64.9 Å². The fourth-order valence-corrected chi connectivity index (χ4v) is 3.23. The zero-order valence-corrected chi connectivity index (χ0v) is 16.0. The normalized spacial score (nSPS) is 11.0. The maximum Gasteiger partial charge on any atom is 0.242 e. The van der Waals surface area contributed by atoms with E-state index < -0.39 is 0 Å². The number of halogens is 1. The molecule has 0 spiro atoms. The van der Waals surface area contributed by atoms with Crippen LogP contribution in [0.5, 0.6) is 0 Å². The van der Waals surface area contributed by atoms with Gasteiger partial charge in [0.1, 0.15) is 12.4 Å². The molecule has 0 saturated carbocycles. The highest BCUT2D eigenvalue weighted by Crippen LogP contribution is 2.22. The molecule has 0 aliphatic heterocycles. The van der Waals surface area contributed by atoms with Gasteiger partial charge in [0, 0.05) is 25.0 Å². The van der Waals surface area contributed by atoms with Crippen molar-refractivity contribution >= 4 is 28.5 Å². The molecular formula is C21H24ClN3O. The predicted molar refractivity (Wildman–Crippen MR) is 107 cm³/mol. The maximum absolute atomic E-state index is 12.7. The monoisotopic (exact) mass is 369 g/mol. The van der Waals surface area contributed by atoms with Gasteiger partial charge in [-0.25, -0.2) is 4.98 Å². The Bertz CT molecular complexity index is 903. The summed E-state index contributed by atoms with van der Waals surface area (Å²) in [6, 6.07) is 15.7. The summed E-state index contributed by atoms with van der Waals surface area (Å²) in [6.07, 6.45) is 2.68. The van der Waals surface area contributed by atoms with Gasteiger partial charge in [0.25, 0.3) is 0 Å². The van der Waals surface area contributed by atoms with Gasteiger partial charge in [-0.2, -0.15) is 0 Å². The number of unbranched alkanes of at least 4 members (excludes halogenated alkanes) is 1. The number of rotatable bonds is 7. The minimum absolute atomic E-state index is 0.0991. The first-order chi connectivity index (χ1) is 12.6. The summed E-state index contributed by atoms with van der Waals surface area (Å²) in [6.45, 7) is 3.20. The van der Waals surface area contributed by atoms with Gasteiger partial charge in [-0.05, 0) is 30.2 Å². The van der Waals surface area contributed by atoms with Gasteiger partial charge in [0.2, 0.25) is 5.91 Å². The molecule has 5 heteroatoms. The molecule has 4 nitrogen and oxygen atoms in total. The smallest absolute Gasteiger partial charge is 0.242 e. The molecule has 2 aromatic carbocycles. The molecule has 0 aliphatic carbocycles. The number of amides is 1. The predicted octanol–water partition coefficient (Wildman–Crippen LogP) is 4.54. The van der Waals surface area contributed by atoms with Crippen molar-refractivity contribution in [1.82, 2.24) is 14.5 Å². The fraction of sp³-hybridized carbons (Fsp3) is 0.333. The number of nitrogens with zero attached hydrogens (tertiary/aromatic N) is 3. The number of likely N-dealkylation sites (N-methyl/N-ethyl adjacent to an activating group) is 1. The number of imidazole rings is 1. The molecule has 0 unspecified atom stereocenters. The lowest BCUT2D eigenvalue weighted by atomic mass is 10.1.